The average Bonchev–Trinajstić information content (AvgIpc) is 3.26. The predicted octanol–water partition coefficient (Wildman–Crippen LogP) is 3.35. The van der Waals surface area contributed by atoms with E-state index in [2.05, 4.69) is 81.8 Å². The van der Waals surface area contributed by atoms with Crippen LogP contribution < -0.4 is 5.32 Å². The number of fused-ring (bicyclic) bond motifs is 1. The van der Waals surface area contributed by atoms with Gasteiger partial charge in [0, 0.05) is 51.3 Å². The SMILES string of the molecule is O=C1CCC(N2Cc3ccc(CN4CCN(C(c5ccccc5)c5ccccc5)CC4)cc3C2=O)C(=O)N1. The number of piperazine rings is 1. The first kappa shape index (κ1) is 24.5. The third kappa shape index (κ3) is 4.87. The minimum absolute atomic E-state index is 0.116. The van der Waals surface area contributed by atoms with Gasteiger partial charge in [0.1, 0.15) is 6.04 Å². The largest absolute Gasteiger partial charge is 0.322 e. The van der Waals surface area contributed by atoms with Crippen LogP contribution in [0, 0.1) is 0 Å². The van der Waals surface area contributed by atoms with Crippen molar-refractivity contribution < 1.29 is 14.4 Å². The lowest BCUT2D eigenvalue weighted by molar-refractivity contribution is -0.136. The molecule has 0 saturated carbocycles. The highest BCUT2D eigenvalue weighted by molar-refractivity contribution is 6.05. The van der Waals surface area contributed by atoms with Crippen LogP contribution in [0.1, 0.15) is 51.5 Å². The summed E-state index contributed by atoms with van der Waals surface area (Å²) >= 11 is 0. The molecule has 3 amide bonds. The Hall–Kier alpha value is -3.81. The molecule has 1 atom stereocenters. The van der Waals surface area contributed by atoms with E-state index in [1.165, 1.54) is 11.1 Å². The topological polar surface area (TPSA) is 73.0 Å². The number of piperidine rings is 1. The summed E-state index contributed by atoms with van der Waals surface area (Å²) in [5, 5.41) is 2.37. The van der Waals surface area contributed by atoms with Gasteiger partial charge in [0.15, 0.2) is 0 Å². The van der Waals surface area contributed by atoms with Crippen LogP contribution in [0.3, 0.4) is 0 Å². The standard InChI is InChI=1S/C31H32N4O3/c36-28-14-13-27(30(37)32-28)35-21-25-12-11-22(19-26(25)31(35)38)20-33-15-17-34(18-16-33)29(23-7-3-1-4-8-23)24-9-5-2-6-10-24/h1-12,19,27,29H,13-18,20-21H2,(H,32,36,37). The van der Waals surface area contributed by atoms with Crippen LogP contribution in [0.15, 0.2) is 78.9 Å². The maximum Gasteiger partial charge on any atom is 0.255 e. The van der Waals surface area contributed by atoms with Crippen LogP contribution in [-0.2, 0) is 22.7 Å². The fraction of sp³-hybridized carbons (Fsp3) is 0.323. The Morgan fingerprint density at radius 3 is 2.11 bits per heavy atom. The summed E-state index contributed by atoms with van der Waals surface area (Å²) in [6, 6.07) is 27.2. The molecule has 7 nitrogen and oxygen atoms in total. The molecule has 0 spiro atoms. The molecule has 3 aliphatic rings. The van der Waals surface area contributed by atoms with Gasteiger partial charge in [-0.25, -0.2) is 0 Å². The van der Waals surface area contributed by atoms with E-state index in [1.807, 2.05) is 12.1 Å². The number of hydrogen-bond donors (Lipinski definition) is 1. The lowest BCUT2D eigenvalue weighted by Gasteiger charge is -2.40. The van der Waals surface area contributed by atoms with Gasteiger partial charge in [-0.1, -0.05) is 72.8 Å². The lowest BCUT2D eigenvalue weighted by Crippen LogP contribution is -2.52. The minimum atomic E-state index is -0.577. The number of nitrogens with zero attached hydrogens (tertiary/aromatic N) is 3. The second kappa shape index (κ2) is 10.5. The number of nitrogens with one attached hydrogen (secondary N) is 1. The molecule has 2 saturated heterocycles. The third-order valence-corrected chi connectivity index (χ3v) is 8.00. The molecule has 1 N–H and O–H groups in total. The van der Waals surface area contributed by atoms with Crippen molar-refractivity contribution in [1.29, 1.82) is 0 Å². The Labute approximate surface area is 223 Å². The zero-order chi connectivity index (χ0) is 26.1. The molecule has 38 heavy (non-hydrogen) atoms. The number of hydrogen-bond acceptors (Lipinski definition) is 5. The van der Waals surface area contributed by atoms with Gasteiger partial charge >= 0.3 is 0 Å². The van der Waals surface area contributed by atoms with E-state index < -0.39 is 6.04 Å². The monoisotopic (exact) mass is 508 g/mol. The molecule has 194 valence electrons. The fourth-order valence-corrected chi connectivity index (χ4v) is 6.02. The highest BCUT2D eigenvalue weighted by Gasteiger charge is 2.39. The maximum absolute atomic E-state index is 13.2. The molecule has 0 aromatic heterocycles. The van der Waals surface area contributed by atoms with Crippen molar-refractivity contribution in [2.75, 3.05) is 26.2 Å². The predicted molar refractivity (Wildman–Crippen MR) is 144 cm³/mol. The van der Waals surface area contributed by atoms with Crippen molar-refractivity contribution in [3.8, 4) is 0 Å². The molecule has 1 unspecified atom stereocenters. The zero-order valence-electron chi connectivity index (χ0n) is 21.4. The van der Waals surface area contributed by atoms with Gasteiger partial charge in [-0.3, -0.25) is 29.5 Å². The second-order valence-electron chi connectivity index (χ2n) is 10.4. The van der Waals surface area contributed by atoms with Crippen LogP contribution in [0.25, 0.3) is 0 Å². The molecule has 0 radical (unpaired) electrons. The lowest BCUT2D eigenvalue weighted by atomic mass is 9.96. The fourth-order valence-electron chi connectivity index (χ4n) is 6.02. The van der Waals surface area contributed by atoms with Crippen molar-refractivity contribution in [3.05, 3.63) is 107 Å². The Morgan fingerprint density at radius 2 is 1.47 bits per heavy atom. The van der Waals surface area contributed by atoms with Crippen LogP contribution in [0.2, 0.25) is 0 Å². The van der Waals surface area contributed by atoms with Gasteiger partial charge in [0.2, 0.25) is 11.8 Å². The Balaban J connectivity index is 1.11. The summed E-state index contributed by atoms with van der Waals surface area (Å²) in [6.07, 6.45) is 0.650. The van der Waals surface area contributed by atoms with Crippen molar-refractivity contribution in [2.24, 2.45) is 0 Å². The van der Waals surface area contributed by atoms with E-state index in [0.29, 0.717) is 18.5 Å². The summed E-state index contributed by atoms with van der Waals surface area (Å²) in [4.78, 5) is 43.7. The molecule has 0 bridgehead atoms. The quantitative estimate of drug-likeness (QED) is 0.517. The Bertz CT molecular complexity index is 1300. The molecular weight excluding hydrogens is 476 g/mol. The zero-order valence-corrected chi connectivity index (χ0v) is 21.4. The summed E-state index contributed by atoms with van der Waals surface area (Å²) in [6.45, 7) is 5.02. The van der Waals surface area contributed by atoms with E-state index in [9.17, 15) is 14.4 Å². The van der Waals surface area contributed by atoms with E-state index in [1.54, 1.807) is 4.90 Å². The summed E-state index contributed by atoms with van der Waals surface area (Å²) in [5.41, 5.74) is 5.36. The first-order chi connectivity index (χ1) is 18.6. The number of carbonyl (C=O) groups excluding carboxylic acids is 3. The number of carbonyl (C=O) groups is 3. The van der Waals surface area contributed by atoms with Crippen molar-refractivity contribution in [3.63, 3.8) is 0 Å². The van der Waals surface area contributed by atoms with E-state index in [0.717, 1.165) is 43.9 Å². The van der Waals surface area contributed by atoms with Crippen LogP contribution in [0.5, 0.6) is 0 Å². The number of amides is 3. The molecule has 0 aliphatic carbocycles. The van der Waals surface area contributed by atoms with Gasteiger partial charge in [0.05, 0.1) is 6.04 Å². The highest BCUT2D eigenvalue weighted by atomic mass is 16.2. The Morgan fingerprint density at radius 1 is 0.816 bits per heavy atom. The number of imide groups is 1. The molecule has 3 aromatic rings. The van der Waals surface area contributed by atoms with Crippen LogP contribution in [0.4, 0.5) is 0 Å². The van der Waals surface area contributed by atoms with Crippen LogP contribution >= 0.6 is 0 Å². The number of benzene rings is 3. The highest BCUT2D eigenvalue weighted by Crippen LogP contribution is 2.31. The maximum atomic E-state index is 13.2. The van der Waals surface area contributed by atoms with Crippen molar-refractivity contribution >= 4 is 17.7 Å². The number of rotatable bonds is 6. The molecule has 3 aromatic carbocycles. The first-order valence-electron chi connectivity index (χ1n) is 13.4. The van der Waals surface area contributed by atoms with Crippen molar-refractivity contribution in [2.45, 2.75) is 38.0 Å². The van der Waals surface area contributed by atoms with Gasteiger partial charge in [-0.2, -0.15) is 0 Å². The van der Waals surface area contributed by atoms with Gasteiger partial charge in [-0.05, 0) is 34.7 Å². The van der Waals surface area contributed by atoms with Crippen molar-refractivity contribution in [1.82, 2.24) is 20.0 Å². The molecular formula is C31H32N4O3. The minimum Gasteiger partial charge on any atom is -0.322 e. The smallest absolute Gasteiger partial charge is 0.255 e. The van der Waals surface area contributed by atoms with Crippen LogP contribution in [-0.4, -0.2) is 64.6 Å². The molecule has 7 heteroatoms. The normalized spacial score (nSPS) is 20.6. The van der Waals surface area contributed by atoms with E-state index in [4.69, 9.17) is 0 Å². The second-order valence-corrected chi connectivity index (χ2v) is 10.4. The average molecular weight is 509 g/mol. The van der Waals surface area contributed by atoms with E-state index in [-0.39, 0.29) is 30.2 Å². The molecule has 3 heterocycles. The van der Waals surface area contributed by atoms with Gasteiger partial charge in [-0.15, -0.1) is 0 Å². The molecule has 2 fully saturated rings. The molecule has 6 rings (SSSR count). The first-order valence-corrected chi connectivity index (χ1v) is 13.4. The molecule has 3 aliphatic heterocycles. The van der Waals surface area contributed by atoms with Gasteiger partial charge in [0.25, 0.3) is 5.91 Å². The third-order valence-electron chi connectivity index (χ3n) is 8.00. The Kier molecular flexibility index (Phi) is 6.79. The summed E-state index contributed by atoms with van der Waals surface area (Å²) in [5.74, 6) is -0.754. The summed E-state index contributed by atoms with van der Waals surface area (Å²) < 4.78 is 0. The van der Waals surface area contributed by atoms with E-state index >= 15 is 0 Å². The van der Waals surface area contributed by atoms with Gasteiger partial charge < -0.3 is 4.90 Å². The summed E-state index contributed by atoms with van der Waals surface area (Å²) in [7, 11) is 0.